The van der Waals surface area contributed by atoms with Gasteiger partial charge >= 0.3 is 11.9 Å². The molecule has 3 rings (SSSR count). The minimum atomic E-state index is -1.38. The van der Waals surface area contributed by atoms with E-state index in [0.29, 0.717) is 24.2 Å². The van der Waals surface area contributed by atoms with Crippen molar-refractivity contribution in [1.82, 2.24) is 4.90 Å². The van der Waals surface area contributed by atoms with Crippen molar-refractivity contribution in [1.29, 1.82) is 0 Å². The Morgan fingerprint density at radius 1 is 0.981 bits per heavy atom. The van der Waals surface area contributed by atoms with Crippen LogP contribution in [0.25, 0.3) is 0 Å². The molecule has 1 aliphatic heterocycles. The predicted molar refractivity (Wildman–Crippen MR) is 196 cm³/mol. The maximum Gasteiger partial charge on any atom is 0.330 e. The van der Waals surface area contributed by atoms with E-state index in [1.54, 1.807) is 12.1 Å². The number of hydrogen-bond acceptors (Lipinski definition) is 9. The quantitative estimate of drug-likeness (QED) is 0.0662. The summed E-state index contributed by atoms with van der Waals surface area (Å²) >= 11 is 0. The molecule has 0 radical (unpaired) electrons. The molecule has 290 valence electrons. The lowest BCUT2D eigenvalue weighted by molar-refractivity contribution is -0.165. The van der Waals surface area contributed by atoms with Gasteiger partial charge in [-0.05, 0) is 87.1 Å². The van der Waals surface area contributed by atoms with E-state index in [0.717, 1.165) is 5.57 Å². The SMILES string of the molecule is C=C(COc1cc(F)cc([C@@H](CCc2cc(F)cc(OC)c2OC)OC(=O)[C@@H]2CCCCN2C(=O)C(=O)C(C)(C)COC(=O)C=CC(C)C)c1)C(C)C. The summed E-state index contributed by atoms with van der Waals surface area (Å²) in [5.41, 5.74) is 0.114. The van der Waals surface area contributed by atoms with Crippen molar-refractivity contribution in [3.8, 4) is 17.2 Å². The van der Waals surface area contributed by atoms with E-state index in [4.69, 9.17) is 23.7 Å². The lowest BCUT2D eigenvalue weighted by Gasteiger charge is -2.36. The topological polar surface area (TPSA) is 118 Å². The van der Waals surface area contributed by atoms with E-state index in [1.165, 1.54) is 63.3 Å². The molecule has 1 amide bonds. The van der Waals surface area contributed by atoms with Crippen molar-refractivity contribution in [3.63, 3.8) is 0 Å². The molecule has 2 aromatic carbocycles. The number of ether oxygens (including phenoxy) is 5. The van der Waals surface area contributed by atoms with E-state index < -0.39 is 52.8 Å². The third-order valence-corrected chi connectivity index (χ3v) is 9.00. The van der Waals surface area contributed by atoms with E-state index in [1.807, 2.05) is 27.7 Å². The molecule has 0 unspecified atom stereocenters. The third kappa shape index (κ3) is 12.2. The van der Waals surface area contributed by atoms with E-state index in [2.05, 4.69) is 6.58 Å². The second-order valence-corrected chi connectivity index (χ2v) is 14.5. The van der Waals surface area contributed by atoms with Gasteiger partial charge < -0.3 is 28.6 Å². The van der Waals surface area contributed by atoms with Gasteiger partial charge in [0.05, 0.1) is 19.6 Å². The zero-order valence-electron chi connectivity index (χ0n) is 32.1. The number of esters is 2. The standard InChI is InChI=1S/C41H53F2NO9/c1-25(2)13-16-36(45)52-24-41(6,7)38(46)39(47)44-17-11-10-12-33(44)40(48)53-34(15-14-28-18-31(43)22-35(49-8)37(28)50-9)29-19-30(42)21-32(20-29)51-23-27(5)26(3)4/h13,16,18-22,25-26,33-34H,5,10-12,14-15,17,23-24H2,1-4,6-9H3/t33-,34+/m0/s1. The molecule has 0 bridgehead atoms. The van der Waals surface area contributed by atoms with Crippen molar-refractivity contribution in [2.24, 2.45) is 17.3 Å². The number of methoxy groups -OCH3 is 2. The predicted octanol–water partition coefficient (Wildman–Crippen LogP) is 7.52. The molecule has 0 spiro atoms. The number of likely N-dealkylation sites (tertiary alicyclic amines) is 1. The minimum Gasteiger partial charge on any atom is -0.493 e. The Kier molecular flexibility index (Phi) is 15.6. The molecule has 0 aromatic heterocycles. The summed E-state index contributed by atoms with van der Waals surface area (Å²) < 4.78 is 57.6. The van der Waals surface area contributed by atoms with Crippen LogP contribution in [0.1, 0.15) is 84.5 Å². The normalized spacial score (nSPS) is 15.3. The Labute approximate surface area is 311 Å². The maximum atomic E-state index is 15.1. The molecule has 2 aromatic rings. The van der Waals surface area contributed by atoms with Crippen molar-refractivity contribution >= 4 is 23.6 Å². The van der Waals surface area contributed by atoms with Gasteiger partial charge in [0.1, 0.15) is 42.7 Å². The molecule has 0 saturated carbocycles. The fourth-order valence-electron chi connectivity index (χ4n) is 5.66. The van der Waals surface area contributed by atoms with Crippen molar-refractivity contribution in [2.45, 2.75) is 85.8 Å². The largest absolute Gasteiger partial charge is 0.493 e. The Morgan fingerprint density at radius 3 is 2.32 bits per heavy atom. The summed E-state index contributed by atoms with van der Waals surface area (Å²) in [6, 6.07) is 5.35. The van der Waals surface area contributed by atoms with Gasteiger partial charge in [-0.1, -0.05) is 40.3 Å². The maximum absolute atomic E-state index is 15.1. The molecule has 1 aliphatic rings. The average Bonchev–Trinajstić information content (AvgIpc) is 3.12. The number of aryl methyl sites for hydroxylation is 1. The van der Waals surface area contributed by atoms with E-state index >= 15 is 4.39 Å². The summed E-state index contributed by atoms with van der Waals surface area (Å²) in [5, 5.41) is 0. The first-order valence-electron chi connectivity index (χ1n) is 17.9. The van der Waals surface area contributed by atoms with Gasteiger partial charge in [0.2, 0.25) is 5.78 Å². The van der Waals surface area contributed by atoms with Crippen LogP contribution in [-0.4, -0.2) is 68.5 Å². The van der Waals surface area contributed by atoms with Gasteiger partial charge in [-0.25, -0.2) is 18.4 Å². The Morgan fingerprint density at radius 2 is 1.68 bits per heavy atom. The Bertz CT molecular complexity index is 1670. The molecule has 1 heterocycles. The van der Waals surface area contributed by atoms with Crippen LogP contribution in [0.5, 0.6) is 17.2 Å². The van der Waals surface area contributed by atoms with Crippen molar-refractivity contribution < 1.29 is 51.6 Å². The molecule has 2 atom stereocenters. The van der Waals surface area contributed by atoms with Crippen LogP contribution in [0.3, 0.4) is 0 Å². The number of allylic oxidation sites excluding steroid dienone is 1. The Hall–Kier alpha value is -4.74. The van der Waals surface area contributed by atoms with Gasteiger partial charge in [-0.2, -0.15) is 0 Å². The number of halogens is 2. The molecule has 10 nitrogen and oxygen atoms in total. The van der Waals surface area contributed by atoms with Gasteiger partial charge in [0.25, 0.3) is 5.91 Å². The smallest absolute Gasteiger partial charge is 0.330 e. The molecule has 53 heavy (non-hydrogen) atoms. The number of ketones is 1. The molecule has 0 N–H and O–H groups in total. The molecular weight excluding hydrogens is 688 g/mol. The van der Waals surface area contributed by atoms with E-state index in [9.17, 15) is 23.6 Å². The molecule has 1 fully saturated rings. The third-order valence-electron chi connectivity index (χ3n) is 9.00. The second-order valence-electron chi connectivity index (χ2n) is 14.5. The van der Waals surface area contributed by atoms with E-state index in [-0.39, 0.29) is 67.9 Å². The summed E-state index contributed by atoms with van der Waals surface area (Å²) in [6.45, 7) is 14.6. The monoisotopic (exact) mass is 741 g/mol. The van der Waals surface area contributed by atoms with Crippen LogP contribution < -0.4 is 14.2 Å². The lowest BCUT2D eigenvalue weighted by Crippen LogP contribution is -2.53. The first-order valence-corrected chi connectivity index (χ1v) is 17.9. The highest BCUT2D eigenvalue weighted by Gasteiger charge is 2.42. The number of piperidine rings is 1. The molecule has 12 heteroatoms. The summed E-state index contributed by atoms with van der Waals surface area (Å²) in [4.78, 5) is 54.6. The van der Waals surface area contributed by atoms with Crippen LogP contribution in [0.2, 0.25) is 0 Å². The van der Waals surface area contributed by atoms with Gasteiger partial charge in [0, 0.05) is 30.3 Å². The fourth-order valence-corrected chi connectivity index (χ4v) is 5.66. The highest BCUT2D eigenvalue weighted by molar-refractivity contribution is 6.38. The summed E-state index contributed by atoms with van der Waals surface area (Å²) in [5.74, 6) is -3.44. The number of nitrogens with zero attached hydrogens (tertiary/aromatic N) is 1. The van der Waals surface area contributed by atoms with Crippen LogP contribution in [0.4, 0.5) is 8.78 Å². The lowest BCUT2D eigenvalue weighted by atomic mass is 9.87. The van der Waals surface area contributed by atoms with Crippen LogP contribution in [-0.2, 0) is 35.1 Å². The number of Topliss-reactive ketones (excluding diaryl/α,β-unsaturated/α-hetero) is 1. The highest BCUT2D eigenvalue weighted by atomic mass is 19.1. The van der Waals surface area contributed by atoms with Crippen molar-refractivity contribution in [3.05, 3.63) is 77.4 Å². The van der Waals surface area contributed by atoms with Gasteiger partial charge in [-0.3, -0.25) is 9.59 Å². The number of carbonyl (C=O) groups is 4. The Balaban J connectivity index is 1.91. The summed E-state index contributed by atoms with van der Waals surface area (Å²) in [6.07, 6.45) is 3.39. The molecular formula is C41H53F2NO9. The first kappa shape index (κ1) is 42.7. The van der Waals surface area contributed by atoms with Crippen LogP contribution in [0.15, 0.2) is 54.6 Å². The average molecular weight is 742 g/mol. The number of amides is 1. The van der Waals surface area contributed by atoms with Crippen molar-refractivity contribution in [2.75, 3.05) is 34.0 Å². The van der Waals surface area contributed by atoms with Crippen LogP contribution in [0, 0.1) is 28.9 Å². The number of benzene rings is 2. The molecule has 1 saturated heterocycles. The highest BCUT2D eigenvalue weighted by Crippen LogP contribution is 2.36. The number of hydrogen-bond donors (Lipinski definition) is 0. The zero-order valence-corrected chi connectivity index (χ0v) is 32.1. The number of rotatable bonds is 18. The summed E-state index contributed by atoms with van der Waals surface area (Å²) in [7, 11) is 2.80. The van der Waals surface area contributed by atoms with Crippen LogP contribution >= 0.6 is 0 Å². The minimum absolute atomic E-state index is 0.0551. The molecule has 0 aliphatic carbocycles. The van der Waals surface area contributed by atoms with Gasteiger partial charge in [-0.15, -0.1) is 0 Å². The first-order chi connectivity index (χ1) is 25.0. The number of carbonyl (C=O) groups excluding carboxylic acids is 4. The van der Waals surface area contributed by atoms with Gasteiger partial charge in [0.15, 0.2) is 11.5 Å². The second kappa shape index (κ2) is 19.4. The zero-order chi connectivity index (χ0) is 39.5. The fraction of sp³-hybridized carbons (Fsp3) is 0.512.